The van der Waals surface area contributed by atoms with Gasteiger partial charge in [0.25, 0.3) is 0 Å². The van der Waals surface area contributed by atoms with E-state index in [0.717, 1.165) is 19.6 Å². The molecule has 1 saturated heterocycles. The van der Waals surface area contributed by atoms with E-state index in [2.05, 4.69) is 53.6 Å². The molecule has 19 heavy (non-hydrogen) atoms. The first-order chi connectivity index (χ1) is 9.13. The molecule has 1 aromatic rings. The zero-order chi connectivity index (χ0) is 13.8. The molecule has 1 heterocycles. The highest BCUT2D eigenvalue weighted by Crippen LogP contribution is 2.23. The monoisotopic (exact) mass is 261 g/mol. The number of carbonyl (C=O) groups excluding carboxylic acids is 1. The highest BCUT2D eigenvalue weighted by Gasteiger charge is 2.31. The summed E-state index contributed by atoms with van der Waals surface area (Å²) in [6.45, 7) is 6.81. The second kappa shape index (κ2) is 6.17. The van der Waals surface area contributed by atoms with Crippen LogP contribution in [0.3, 0.4) is 0 Å². The molecule has 1 aliphatic rings. The minimum absolute atomic E-state index is 0.0879. The Balaban J connectivity index is 2.17. The van der Waals surface area contributed by atoms with Gasteiger partial charge in [-0.2, -0.15) is 0 Å². The van der Waals surface area contributed by atoms with E-state index in [1.165, 1.54) is 11.1 Å². The van der Waals surface area contributed by atoms with Crippen LogP contribution in [0, 0.1) is 6.92 Å². The second-order valence-corrected chi connectivity index (χ2v) is 5.16. The average molecular weight is 261 g/mol. The van der Waals surface area contributed by atoms with Crippen LogP contribution < -0.4 is 10.6 Å². The summed E-state index contributed by atoms with van der Waals surface area (Å²) in [5.41, 5.74) is 2.53. The lowest BCUT2D eigenvalue weighted by Gasteiger charge is -2.39. The van der Waals surface area contributed by atoms with Crippen molar-refractivity contribution in [3.63, 3.8) is 0 Å². The molecule has 2 rings (SSSR count). The molecule has 1 fully saturated rings. The summed E-state index contributed by atoms with van der Waals surface area (Å²) in [6, 6.07) is 8.73. The summed E-state index contributed by atoms with van der Waals surface area (Å²) in [4.78, 5) is 14.3. The van der Waals surface area contributed by atoms with Crippen molar-refractivity contribution in [3.05, 3.63) is 35.4 Å². The highest BCUT2D eigenvalue weighted by molar-refractivity contribution is 5.81. The van der Waals surface area contributed by atoms with Crippen LogP contribution in [0.15, 0.2) is 24.3 Å². The van der Waals surface area contributed by atoms with E-state index in [-0.39, 0.29) is 18.0 Å². The molecule has 0 aromatic heterocycles. The third-order valence-corrected chi connectivity index (χ3v) is 3.89. The number of aryl methyl sites for hydroxylation is 1. The number of nitrogens with zero attached hydrogens (tertiary/aromatic N) is 1. The van der Waals surface area contributed by atoms with Gasteiger partial charge in [-0.25, -0.2) is 0 Å². The number of nitrogens with one attached hydrogen (secondary N) is 2. The number of benzene rings is 1. The van der Waals surface area contributed by atoms with Gasteiger partial charge in [-0.05, 0) is 19.4 Å². The summed E-state index contributed by atoms with van der Waals surface area (Å²) >= 11 is 0. The Bertz CT molecular complexity index is 430. The van der Waals surface area contributed by atoms with E-state index in [1.807, 2.05) is 0 Å². The van der Waals surface area contributed by atoms with Crippen molar-refractivity contribution in [3.8, 4) is 0 Å². The van der Waals surface area contributed by atoms with Gasteiger partial charge in [0.15, 0.2) is 0 Å². The molecular formula is C15H23N3O. The number of rotatable bonds is 3. The minimum Gasteiger partial charge on any atom is -0.358 e. The fraction of sp³-hybridized carbons (Fsp3) is 0.533. The lowest BCUT2D eigenvalue weighted by Crippen LogP contribution is -2.57. The molecule has 2 unspecified atom stereocenters. The molecule has 0 bridgehead atoms. The maximum Gasteiger partial charge on any atom is 0.238 e. The topological polar surface area (TPSA) is 44.4 Å². The van der Waals surface area contributed by atoms with Crippen molar-refractivity contribution in [2.45, 2.75) is 25.9 Å². The predicted octanol–water partition coefficient (Wildman–Crippen LogP) is 1.08. The van der Waals surface area contributed by atoms with Crippen LogP contribution in [0.4, 0.5) is 0 Å². The van der Waals surface area contributed by atoms with Crippen LogP contribution >= 0.6 is 0 Å². The van der Waals surface area contributed by atoms with Crippen LogP contribution in [0.25, 0.3) is 0 Å². The number of carbonyl (C=O) groups is 1. The Morgan fingerprint density at radius 2 is 2.11 bits per heavy atom. The normalized spacial score (nSPS) is 21.9. The van der Waals surface area contributed by atoms with E-state index in [0.29, 0.717) is 0 Å². The smallest absolute Gasteiger partial charge is 0.238 e. The van der Waals surface area contributed by atoms with Gasteiger partial charge in [0.05, 0.1) is 0 Å². The second-order valence-electron chi connectivity index (χ2n) is 5.16. The van der Waals surface area contributed by atoms with E-state index >= 15 is 0 Å². The third kappa shape index (κ3) is 3.14. The van der Waals surface area contributed by atoms with Gasteiger partial charge in [-0.3, -0.25) is 9.69 Å². The van der Waals surface area contributed by atoms with E-state index in [4.69, 9.17) is 0 Å². The molecule has 0 spiro atoms. The van der Waals surface area contributed by atoms with Crippen LogP contribution in [0.2, 0.25) is 0 Å². The summed E-state index contributed by atoms with van der Waals surface area (Å²) in [5, 5.41) is 6.05. The first kappa shape index (κ1) is 14.0. The SMILES string of the molecule is CNC(=O)C1CNCCN1C(C)c1ccc(C)cc1. The summed E-state index contributed by atoms with van der Waals surface area (Å²) < 4.78 is 0. The molecular weight excluding hydrogens is 238 g/mol. The molecule has 1 aromatic carbocycles. The largest absolute Gasteiger partial charge is 0.358 e. The lowest BCUT2D eigenvalue weighted by molar-refractivity contribution is -0.127. The van der Waals surface area contributed by atoms with E-state index in [1.54, 1.807) is 7.05 Å². The van der Waals surface area contributed by atoms with Gasteiger partial charge in [0.1, 0.15) is 6.04 Å². The molecule has 0 aliphatic carbocycles. The fourth-order valence-corrected chi connectivity index (χ4v) is 2.63. The van der Waals surface area contributed by atoms with Crippen molar-refractivity contribution in [2.75, 3.05) is 26.7 Å². The maximum atomic E-state index is 12.0. The Morgan fingerprint density at radius 3 is 2.74 bits per heavy atom. The Kier molecular flexibility index (Phi) is 4.56. The van der Waals surface area contributed by atoms with Gasteiger partial charge >= 0.3 is 0 Å². The fourth-order valence-electron chi connectivity index (χ4n) is 2.63. The maximum absolute atomic E-state index is 12.0. The van der Waals surface area contributed by atoms with Crippen LogP contribution in [0.1, 0.15) is 24.1 Å². The molecule has 2 atom stereocenters. The predicted molar refractivity (Wildman–Crippen MR) is 77.0 cm³/mol. The Hall–Kier alpha value is -1.39. The number of hydrogen-bond acceptors (Lipinski definition) is 3. The standard InChI is InChI=1S/C15H23N3O/c1-11-4-6-13(7-5-11)12(2)18-9-8-17-10-14(18)15(19)16-3/h4-7,12,14,17H,8-10H2,1-3H3,(H,16,19). The molecule has 0 radical (unpaired) electrons. The zero-order valence-corrected chi connectivity index (χ0v) is 11.9. The van der Waals surface area contributed by atoms with Crippen LogP contribution in [-0.2, 0) is 4.79 Å². The number of hydrogen-bond donors (Lipinski definition) is 2. The van der Waals surface area contributed by atoms with Gasteiger partial charge in [-0.15, -0.1) is 0 Å². The summed E-state index contributed by atoms with van der Waals surface area (Å²) in [5.74, 6) is 0.0890. The first-order valence-corrected chi connectivity index (χ1v) is 6.88. The first-order valence-electron chi connectivity index (χ1n) is 6.88. The highest BCUT2D eigenvalue weighted by atomic mass is 16.2. The number of likely N-dealkylation sites (N-methyl/N-ethyl adjacent to an activating group) is 1. The van der Waals surface area contributed by atoms with Gasteiger partial charge in [0, 0.05) is 32.7 Å². The van der Waals surface area contributed by atoms with Crippen LogP contribution in [-0.4, -0.2) is 43.5 Å². The van der Waals surface area contributed by atoms with Crippen molar-refractivity contribution < 1.29 is 4.79 Å². The summed E-state index contributed by atoms with van der Waals surface area (Å²) in [7, 11) is 1.70. The van der Waals surface area contributed by atoms with Crippen molar-refractivity contribution in [1.29, 1.82) is 0 Å². The average Bonchev–Trinajstić information content (AvgIpc) is 2.46. The van der Waals surface area contributed by atoms with E-state index < -0.39 is 0 Å². The summed E-state index contributed by atoms with van der Waals surface area (Å²) in [6.07, 6.45) is 0. The molecule has 4 nitrogen and oxygen atoms in total. The lowest BCUT2D eigenvalue weighted by atomic mass is 10.0. The van der Waals surface area contributed by atoms with E-state index in [9.17, 15) is 4.79 Å². The molecule has 104 valence electrons. The quantitative estimate of drug-likeness (QED) is 0.855. The molecule has 0 saturated carbocycles. The number of piperazine rings is 1. The molecule has 1 amide bonds. The molecule has 1 aliphatic heterocycles. The van der Waals surface area contributed by atoms with Gasteiger partial charge in [-0.1, -0.05) is 29.8 Å². The van der Waals surface area contributed by atoms with Crippen molar-refractivity contribution in [2.24, 2.45) is 0 Å². The zero-order valence-electron chi connectivity index (χ0n) is 11.9. The molecule has 2 N–H and O–H groups in total. The minimum atomic E-state index is -0.0879. The van der Waals surface area contributed by atoms with Gasteiger partial charge in [0.2, 0.25) is 5.91 Å². The Labute approximate surface area is 115 Å². The Morgan fingerprint density at radius 1 is 1.42 bits per heavy atom. The number of amides is 1. The van der Waals surface area contributed by atoms with Crippen molar-refractivity contribution >= 4 is 5.91 Å². The van der Waals surface area contributed by atoms with Gasteiger partial charge < -0.3 is 10.6 Å². The van der Waals surface area contributed by atoms with Crippen molar-refractivity contribution in [1.82, 2.24) is 15.5 Å². The third-order valence-electron chi connectivity index (χ3n) is 3.89. The van der Waals surface area contributed by atoms with Crippen LogP contribution in [0.5, 0.6) is 0 Å². The molecule has 4 heteroatoms.